The molecule has 1 aromatic carbocycles. The molecule has 0 spiro atoms. The van der Waals surface area contributed by atoms with Crippen molar-refractivity contribution in [2.75, 3.05) is 19.6 Å². The molecule has 1 amide bonds. The summed E-state index contributed by atoms with van der Waals surface area (Å²) in [4.78, 5) is 12.9. The van der Waals surface area contributed by atoms with Crippen molar-refractivity contribution in [3.05, 3.63) is 30.3 Å². The van der Waals surface area contributed by atoms with Crippen LogP contribution in [0.5, 0.6) is 0 Å². The minimum atomic E-state index is 0.184. The molecule has 3 nitrogen and oxygen atoms in total. The smallest absolute Gasteiger partial charge is 0.225 e. The highest BCUT2D eigenvalue weighted by Crippen LogP contribution is 2.21. The summed E-state index contributed by atoms with van der Waals surface area (Å²) in [5.74, 6) is 0.369. The molecule has 1 saturated heterocycles. The number of amides is 1. The highest BCUT2D eigenvalue weighted by molar-refractivity contribution is 8.00. The van der Waals surface area contributed by atoms with Crippen LogP contribution in [0.3, 0.4) is 0 Å². The Morgan fingerprint density at radius 3 is 2.76 bits per heavy atom. The standard InChI is InChI=1S/C13H18N2OS/c1-10(17-12-5-3-2-4-6-12)7-15-13(16)11-8-14-9-11/h2-6,10-11,14H,7-9H2,1H3,(H,15,16). The molecular weight excluding hydrogens is 232 g/mol. The lowest BCUT2D eigenvalue weighted by molar-refractivity contribution is -0.126. The van der Waals surface area contributed by atoms with Gasteiger partial charge in [0.1, 0.15) is 0 Å². The topological polar surface area (TPSA) is 41.1 Å². The van der Waals surface area contributed by atoms with Gasteiger partial charge in [-0.3, -0.25) is 4.79 Å². The van der Waals surface area contributed by atoms with Crippen molar-refractivity contribution in [1.29, 1.82) is 0 Å². The van der Waals surface area contributed by atoms with E-state index < -0.39 is 0 Å². The predicted octanol–water partition coefficient (Wildman–Crippen LogP) is 1.50. The second-order valence-electron chi connectivity index (χ2n) is 4.34. The molecule has 1 unspecified atom stereocenters. The van der Waals surface area contributed by atoms with Crippen LogP contribution in [0.2, 0.25) is 0 Å². The first-order chi connectivity index (χ1) is 8.25. The molecule has 92 valence electrons. The molecule has 4 heteroatoms. The monoisotopic (exact) mass is 250 g/mol. The van der Waals surface area contributed by atoms with Crippen molar-refractivity contribution in [1.82, 2.24) is 10.6 Å². The number of nitrogens with one attached hydrogen (secondary N) is 2. The molecule has 0 aliphatic carbocycles. The second kappa shape index (κ2) is 6.07. The van der Waals surface area contributed by atoms with E-state index in [-0.39, 0.29) is 11.8 Å². The summed E-state index contributed by atoms with van der Waals surface area (Å²) >= 11 is 1.79. The number of thioether (sulfide) groups is 1. The molecule has 1 aliphatic rings. The van der Waals surface area contributed by atoms with Crippen LogP contribution < -0.4 is 10.6 Å². The SMILES string of the molecule is CC(CNC(=O)C1CNC1)Sc1ccccc1. The minimum absolute atomic E-state index is 0.184. The Morgan fingerprint density at radius 2 is 2.18 bits per heavy atom. The van der Waals surface area contributed by atoms with Crippen molar-refractivity contribution < 1.29 is 4.79 Å². The molecule has 1 aliphatic heterocycles. The third kappa shape index (κ3) is 3.75. The Morgan fingerprint density at radius 1 is 1.47 bits per heavy atom. The zero-order valence-electron chi connectivity index (χ0n) is 9.98. The van der Waals surface area contributed by atoms with Gasteiger partial charge in [-0.2, -0.15) is 0 Å². The highest BCUT2D eigenvalue weighted by Gasteiger charge is 2.24. The summed E-state index contributed by atoms with van der Waals surface area (Å²) in [6, 6.07) is 10.3. The number of hydrogen-bond acceptors (Lipinski definition) is 3. The molecule has 0 aromatic heterocycles. The molecule has 17 heavy (non-hydrogen) atoms. The molecule has 1 aromatic rings. The Balaban J connectivity index is 1.70. The summed E-state index contributed by atoms with van der Waals surface area (Å²) in [5.41, 5.74) is 0. The Hall–Kier alpha value is -1.00. The van der Waals surface area contributed by atoms with E-state index in [9.17, 15) is 4.79 Å². The number of rotatable bonds is 5. The van der Waals surface area contributed by atoms with Gasteiger partial charge in [0.15, 0.2) is 0 Å². The summed E-state index contributed by atoms with van der Waals surface area (Å²) in [6.07, 6.45) is 0. The lowest BCUT2D eigenvalue weighted by Gasteiger charge is -2.26. The average molecular weight is 250 g/mol. The summed E-state index contributed by atoms with van der Waals surface area (Å²) in [6.45, 7) is 4.52. The maximum atomic E-state index is 11.6. The van der Waals surface area contributed by atoms with Crippen molar-refractivity contribution in [2.45, 2.75) is 17.1 Å². The van der Waals surface area contributed by atoms with Crippen LogP contribution in [0, 0.1) is 5.92 Å². The normalized spacial score (nSPS) is 17.2. The minimum Gasteiger partial charge on any atom is -0.355 e. The highest BCUT2D eigenvalue weighted by atomic mass is 32.2. The van der Waals surface area contributed by atoms with Gasteiger partial charge in [-0.1, -0.05) is 25.1 Å². The first-order valence-electron chi connectivity index (χ1n) is 5.96. The van der Waals surface area contributed by atoms with E-state index in [1.807, 2.05) is 18.2 Å². The summed E-state index contributed by atoms with van der Waals surface area (Å²) < 4.78 is 0. The second-order valence-corrected chi connectivity index (χ2v) is 5.85. The maximum Gasteiger partial charge on any atom is 0.225 e. The summed E-state index contributed by atoms with van der Waals surface area (Å²) in [7, 11) is 0. The fourth-order valence-corrected chi connectivity index (χ4v) is 2.58. The molecule has 1 fully saturated rings. The molecule has 0 radical (unpaired) electrons. The average Bonchev–Trinajstić information content (AvgIpc) is 2.25. The fourth-order valence-electron chi connectivity index (χ4n) is 1.64. The van der Waals surface area contributed by atoms with E-state index in [0.717, 1.165) is 19.6 Å². The van der Waals surface area contributed by atoms with Gasteiger partial charge in [-0.15, -0.1) is 11.8 Å². The first kappa shape index (κ1) is 12.5. The van der Waals surface area contributed by atoms with Crippen LogP contribution in [0.1, 0.15) is 6.92 Å². The van der Waals surface area contributed by atoms with E-state index in [4.69, 9.17) is 0 Å². The van der Waals surface area contributed by atoms with Gasteiger partial charge < -0.3 is 10.6 Å². The van der Waals surface area contributed by atoms with Crippen molar-refractivity contribution in [3.8, 4) is 0 Å². The molecule has 0 bridgehead atoms. The quantitative estimate of drug-likeness (QED) is 0.778. The van der Waals surface area contributed by atoms with E-state index in [0.29, 0.717) is 5.25 Å². The zero-order chi connectivity index (χ0) is 12.1. The number of benzene rings is 1. The van der Waals surface area contributed by atoms with Crippen LogP contribution in [-0.4, -0.2) is 30.8 Å². The molecule has 0 saturated carbocycles. The third-order valence-electron chi connectivity index (χ3n) is 2.80. The lowest BCUT2D eigenvalue weighted by atomic mass is 10.0. The lowest BCUT2D eigenvalue weighted by Crippen LogP contribution is -2.51. The van der Waals surface area contributed by atoms with Crippen LogP contribution >= 0.6 is 11.8 Å². The summed E-state index contributed by atoms with van der Waals surface area (Å²) in [5, 5.41) is 6.51. The Kier molecular flexibility index (Phi) is 4.45. The molecule has 1 atom stereocenters. The van der Waals surface area contributed by atoms with Crippen molar-refractivity contribution in [3.63, 3.8) is 0 Å². The largest absolute Gasteiger partial charge is 0.355 e. The van der Waals surface area contributed by atoms with Gasteiger partial charge >= 0.3 is 0 Å². The van der Waals surface area contributed by atoms with Crippen LogP contribution in [0.4, 0.5) is 0 Å². The van der Waals surface area contributed by atoms with Crippen molar-refractivity contribution >= 4 is 17.7 Å². The zero-order valence-corrected chi connectivity index (χ0v) is 10.8. The van der Waals surface area contributed by atoms with E-state index >= 15 is 0 Å². The third-order valence-corrected chi connectivity index (χ3v) is 3.91. The van der Waals surface area contributed by atoms with Crippen LogP contribution in [0.15, 0.2) is 35.2 Å². The van der Waals surface area contributed by atoms with E-state index in [2.05, 4.69) is 29.7 Å². The van der Waals surface area contributed by atoms with Gasteiger partial charge in [0.05, 0.1) is 5.92 Å². The number of carbonyl (C=O) groups is 1. The first-order valence-corrected chi connectivity index (χ1v) is 6.84. The fraction of sp³-hybridized carbons (Fsp3) is 0.462. The van der Waals surface area contributed by atoms with E-state index in [1.54, 1.807) is 11.8 Å². The number of hydrogen-bond donors (Lipinski definition) is 2. The molecule has 2 N–H and O–H groups in total. The molecular formula is C13H18N2OS. The number of carbonyl (C=O) groups excluding carboxylic acids is 1. The predicted molar refractivity (Wildman–Crippen MR) is 71.1 cm³/mol. The van der Waals surface area contributed by atoms with Gasteiger partial charge in [0, 0.05) is 29.8 Å². The van der Waals surface area contributed by atoms with Gasteiger partial charge in [-0.05, 0) is 12.1 Å². The Bertz CT molecular complexity index is 365. The van der Waals surface area contributed by atoms with Gasteiger partial charge in [0.2, 0.25) is 5.91 Å². The molecule has 1 heterocycles. The van der Waals surface area contributed by atoms with Crippen LogP contribution in [-0.2, 0) is 4.79 Å². The van der Waals surface area contributed by atoms with Gasteiger partial charge in [-0.25, -0.2) is 0 Å². The van der Waals surface area contributed by atoms with E-state index in [1.165, 1.54) is 4.90 Å². The van der Waals surface area contributed by atoms with Crippen molar-refractivity contribution in [2.24, 2.45) is 5.92 Å². The van der Waals surface area contributed by atoms with Crippen LogP contribution in [0.25, 0.3) is 0 Å². The Labute approximate surface area is 106 Å². The molecule has 2 rings (SSSR count). The van der Waals surface area contributed by atoms with Gasteiger partial charge in [0.25, 0.3) is 0 Å². The maximum absolute atomic E-state index is 11.6.